The molecule has 0 amide bonds. The average Bonchev–Trinajstić information content (AvgIpc) is 3.39. The van der Waals surface area contributed by atoms with Gasteiger partial charge in [0.25, 0.3) is 0 Å². The molecule has 73 heavy (non-hydrogen) atoms. The van der Waals surface area contributed by atoms with Crippen molar-refractivity contribution >= 4 is 17.9 Å². The summed E-state index contributed by atoms with van der Waals surface area (Å²) >= 11 is 0. The Labute approximate surface area is 452 Å². The highest BCUT2D eigenvalue weighted by molar-refractivity contribution is 5.71. The van der Waals surface area contributed by atoms with Crippen LogP contribution >= 0.6 is 0 Å². The SMILES string of the molecule is CC/C=C\C/C=C\C/C=C\C/C=C\C/C=C\CCCCCCCCCCCC(=O)OCC(COC(=O)CCCCCCC/C=C\CCCCC)OC(=O)CCCCCCCCC/C=C\CCCCCCCCC. The Balaban J connectivity index is 4.32. The molecular weight excluding hydrogens is 901 g/mol. The van der Waals surface area contributed by atoms with Crippen molar-refractivity contribution in [2.45, 2.75) is 309 Å². The van der Waals surface area contributed by atoms with Gasteiger partial charge in [-0.3, -0.25) is 14.4 Å². The molecule has 420 valence electrons. The van der Waals surface area contributed by atoms with E-state index in [2.05, 4.69) is 106 Å². The van der Waals surface area contributed by atoms with Crippen molar-refractivity contribution in [1.82, 2.24) is 0 Å². The molecule has 0 rings (SSSR count). The predicted octanol–water partition coefficient (Wildman–Crippen LogP) is 21.1. The molecular formula is C67H116O6. The van der Waals surface area contributed by atoms with Gasteiger partial charge in [-0.25, -0.2) is 0 Å². The number of allylic oxidation sites excluding steroid dienone is 14. The lowest BCUT2D eigenvalue weighted by Crippen LogP contribution is -2.30. The van der Waals surface area contributed by atoms with Gasteiger partial charge in [-0.1, -0.05) is 254 Å². The molecule has 0 heterocycles. The zero-order chi connectivity index (χ0) is 52.9. The fraction of sp³-hybridized carbons (Fsp3) is 0.746. The highest BCUT2D eigenvalue weighted by Crippen LogP contribution is 2.16. The summed E-state index contributed by atoms with van der Waals surface area (Å²) in [6.45, 7) is 6.51. The summed E-state index contributed by atoms with van der Waals surface area (Å²) in [5.74, 6) is -0.892. The van der Waals surface area contributed by atoms with Crippen LogP contribution in [0.25, 0.3) is 0 Å². The Bertz CT molecular complexity index is 1400. The average molecular weight is 1020 g/mol. The van der Waals surface area contributed by atoms with E-state index < -0.39 is 6.10 Å². The van der Waals surface area contributed by atoms with E-state index in [9.17, 15) is 14.4 Å². The van der Waals surface area contributed by atoms with Crippen LogP contribution in [-0.2, 0) is 28.6 Å². The van der Waals surface area contributed by atoms with Gasteiger partial charge in [0.15, 0.2) is 6.10 Å². The molecule has 0 aliphatic carbocycles. The molecule has 0 N–H and O–H groups in total. The van der Waals surface area contributed by atoms with Crippen LogP contribution < -0.4 is 0 Å². The third kappa shape index (κ3) is 59.3. The minimum atomic E-state index is -0.785. The van der Waals surface area contributed by atoms with Crippen molar-refractivity contribution in [2.75, 3.05) is 13.2 Å². The Kier molecular flexibility index (Phi) is 58.3. The number of carbonyl (C=O) groups excluding carboxylic acids is 3. The molecule has 0 fully saturated rings. The van der Waals surface area contributed by atoms with Crippen molar-refractivity contribution in [3.05, 3.63) is 85.1 Å². The van der Waals surface area contributed by atoms with E-state index in [1.54, 1.807) is 0 Å². The number of ether oxygens (including phenoxy) is 3. The second-order valence-electron chi connectivity index (χ2n) is 20.6. The first-order chi connectivity index (χ1) is 36.0. The molecule has 0 aromatic heterocycles. The molecule has 1 unspecified atom stereocenters. The molecule has 0 spiro atoms. The maximum absolute atomic E-state index is 12.9. The van der Waals surface area contributed by atoms with Gasteiger partial charge in [0.2, 0.25) is 0 Å². The van der Waals surface area contributed by atoms with E-state index in [0.29, 0.717) is 19.3 Å². The third-order valence-corrected chi connectivity index (χ3v) is 13.4. The van der Waals surface area contributed by atoms with E-state index in [4.69, 9.17) is 14.2 Å². The van der Waals surface area contributed by atoms with Crippen LogP contribution in [0.1, 0.15) is 303 Å². The first-order valence-corrected chi connectivity index (χ1v) is 31.1. The van der Waals surface area contributed by atoms with Crippen molar-refractivity contribution < 1.29 is 28.6 Å². The van der Waals surface area contributed by atoms with Gasteiger partial charge in [-0.05, 0) is 116 Å². The fourth-order valence-corrected chi connectivity index (χ4v) is 8.69. The first-order valence-electron chi connectivity index (χ1n) is 31.1. The smallest absolute Gasteiger partial charge is 0.306 e. The van der Waals surface area contributed by atoms with Crippen molar-refractivity contribution in [3.63, 3.8) is 0 Å². The number of hydrogen-bond donors (Lipinski definition) is 0. The number of esters is 3. The third-order valence-electron chi connectivity index (χ3n) is 13.4. The van der Waals surface area contributed by atoms with Gasteiger partial charge in [-0.2, -0.15) is 0 Å². The summed E-state index contributed by atoms with van der Waals surface area (Å²) in [4.78, 5) is 38.2. The van der Waals surface area contributed by atoms with E-state index >= 15 is 0 Å². The number of unbranched alkanes of at least 4 members (excludes halogenated alkanes) is 31. The molecule has 0 saturated carbocycles. The molecule has 0 radical (unpaired) electrons. The van der Waals surface area contributed by atoms with E-state index in [-0.39, 0.29) is 31.1 Å². The molecule has 1 atom stereocenters. The Morgan fingerprint density at radius 1 is 0.288 bits per heavy atom. The lowest BCUT2D eigenvalue weighted by molar-refractivity contribution is -0.167. The predicted molar refractivity (Wildman–Crippen MR) is 316 cm³/mol. The van der Waals surface area contributed by atoms with Crippen LogP contribution in [0.3, 0.4) is 0 Å². The molecule has 0 aliphatic rings. The summed E-state index contributed by atoms with van der Waals surface area (Å²) in [5, 5.41) is 0. The quantitative estimate of drug-likeness (QED) is 0.0261. The summed E-state index contributed by atoms with van der Waals surface area (Å²) in [6, 6.07) is 0. The standard InChI is InChI=1S/C67H116O6/c1-4-7-10-13-16-19-22-25-27-29-31-32-33-34-35-36-37-39-40-42-45-48-51-54-57-60-66(69)72-63-64(62-71-65(68)59-56-53-50-47-44-24-21-18-15-12-9-6-3)73-67(70)61-58-55-52-49-46-43-41-38-30-28-26-23-20-17-14-11-8-5-2/h7,10,16,18-19,21,25,27-28,30-32,34-35,64H,4-6,8-9,11-15,17,20,22-24,26,29,33,36-63H2,1-3H3/b10-7-,19-16-,21-18-,27-25-,30-28-,32-31-,35-34-. The second kappa shape index (κ2) is 61.1. The van der Waals surface area contributed by atoms with Crippen molar-refractivity contribution in [3.8, 4) is 0 Å². The number of rotatable bonds is 56. The molecule has 6 heteroatoms. The van der Waals surface area contributed by atoms with Crippen LogP contribution in [0.2, 0.25) is 0 Å². The topological polar surface area (TPSA) is 78.9 Å². The lowest BCUT2D eigenvalue weighted by atomic mass is 10.1. The Hall–Kier alpha value is -3.41. The fourth-order valence-electron chi connectivity index (χ4n) is 8.69. The summed E-state index contributed by atoms with van der Waals surface area (Å²) in [7, 11) is 0. The Morgan fingerprint density at radius 2 is 0.534 bits per heavy atom. The van der Waals surface area contributed by atoms with Crippen LogP contribution in [0.15, 0.2) is 85.1 Å². The normalized spacial score (nSPS) is 12.6. The van der Waals surface area contributed by atoms with Gasteiger partial charge in [0, 0.05) is 19.3 Å². The molecule has 0 aromatic carbocycles. The molecule has 0 bridgehead atoms. The number of carbonyl (C=O) groups is 3. The lowest BCUT2D eigenvalue weighted by Gasteiger charge is -2.18. The van der Waals surface area contributed by atoms with E-state index in [1.807, 2.05) is 0 Å². The molecule has 6 nitrogen and oxygen atoms in total. The van der Waals surface area contributed by atoms with Crippen LogP contribution in [0.4, 0.5) is 0 Å². The minimum absolute atomic E-state index is 0.0830. The minimum Gasteiger partial charge on any atom is -0.462 e. The number of hydrogen-bond acceptors (Lipinski definition) is 6. The van der Waals surface area contributed by atoms with Gasteiger partial charge >= 0.3 is 17.9 Å². The van der Waals surface area contributed by atoms with E-state index in [0.717, 1.165) is 103 Å². The molecule has 0 aliphatic heterocycles. The van der Waals surface area contributed by atoms with Crippen LogP contribution in [0.5, 0.6) is 0 Å². The molecule has 0 saturated heterocycles. The maximum Gasteiger partial charge on any atom is 0.306 e. The highest BCUT2D eigenvalue weighted by Gasteiger charge is 2.19. The van der Waals surface area contributed by atoms with Gasteiger partial charge < -0.3 is 14.2 Å². The largest absolute Gasteiger partial charge is 0.462 e. The maximum atomic E-state index is 12.9. The monoisotopic (exact) mass is 1020 g/mol. The molecule has 0 aromatic rings. The summed E-state index contributed by atoms with van der Waals surface area (Å²) in [5.41, 5.74) is 0. The van der Waals surface area contributed by atoms with Crippen molar-refractivity contribution in [2.24, 2.45) is 0 Å². The van der Waals surface area contributed by atoms with Crippen molar-refractivity contribution in [1.29, 1.82) is 0 Å². The van der Waals surface area contributed by atoms with Crippen LogP contribution in [0, 0.1) is 0 Å². The Morgan fingerprint density at radius 3 is 0.877 bits per heavy atom. The van der Waals surface area contributed by atoms with Gasteiger partial charge in [0.1, 0.15) is 13.2 Å². The zero-order valence-electron chi connectivity index (χ0n) is 48.1. The highest BCUT2D eigenvalue weighted by atomic mass is 16.6. The van der Waals surface area contributed by atoms with Gasteiger partial charge in [0.05, 0.1) is 0 Å². The second-order valence-corrected chi connectivity index (χ2v) is 20.6. The van der Waals surface area contributed by atoms with Crippen LogP contribution in [-0.4, -0.2) is 37.2 Å². The summed E-state index contributed by atoms with van der Waals surface area (Å²) in [6.07, 6.45) is 80.1. The van der Waals surface area contributed by atoms with Gasteiger partial charge in [-0.15, -0.1) is 0 Å². The zero-order valence-corrected chi connectivity index (χ0v) is 48.1. The first kappa shape index (κ1) is 69.6. The summed E-state index contributed by atoms with van der Waals surface area (Å²) < 4.78 is 16.9. The van der Waals surface area contributed by atoms with E-state index in [1.165, 1.54) is 161 Å².